The molecule has 240 valence electrons. The molecule has 1 aromatic carbocycles. The van der Waals surface area contributed by atoms with Gasteiger partial charge in [-0.25, -0.2) is 19.7 Å². The molecule has 2 atom stereocenters. The first-order valence-electron chi connectivity index (χ1n) is 14.3. The lowest BCUT2D eigenvalue weighted by atomic mass is 9.83. The van der Waals surface area contributed by atoms with Gasteiger partial charge in [-0.3, -0.25) is 19.9 Å². The molecule has 2 aromatic heterocycles. The summed E-state index contributed by atoms with van der Waals surface area (Å²) in [5.74, 6) is -1.67. The predicted molar refractivity (Wildman–Crippen MR) is 174 cm³/mol. The number of benzene rings is 1. The molecule has 14 heteroatoms. The van der Waals surface area contributed by atoms with Crippen molar-refractivity contribution in [1.29, 1.82) is 10.7 Å². The number of hydrogen-bond acceptors (Lipinski definition) is 10. The number of nitriles is 1. The Morgan fingerprint density at radius 1 is 1.22 bits per heavy atom. The average molecular weight is 647 g/mol. The van der Waals surface area contributed by atoms with Gasteiger partial charge in [-0.1, -0.05) is 37.6 Å². The van der Waals surface area contributed by atoms with Gasteiger partial charge in [0.05, 0.1) is 42.6 Å². The number of halogens is 1. The van der Waals surface area contributed by atoms with Gasteiger partial charge in [0.15, 0.2) is 0 Å². The first kappa shape index (κ1) is 33.8. The van der Waals surface area contributed by atoms with Crippen molar-refractivity contribution in [2.24, 2.45) is 23.9 Å². The van der Waals surface area contributed by atoms with E-state index in [0.29, 0.717) is 22.5 Å². The second kappa shape index (κ2) is 13.1. The van der Waals surface area contributed by atoms with Crippen molar-refractivity contribution < 1.29 is 19.1 Å². The van der Waals surface area contributed by atoms with Gasteiger partial charge in [0.1, 0.15) is 22.0 Å². The van der Waals surface area contributed by atoms with E-state index in [-0.39, 0.29) is 34.2 Å². The summed E-state index contributed by atoms with van der Waals surface area (Å²) in [5, 5.41) is 18.4. The molecule has 2 amide bonds. The Morgan fingerprint density at radius 3 is 2.41 bits per heavy atom. The number of nitrogens with zero attached hydrogens (tertiary/aromatic N) is 7. The maximum atomic E-state index is 13.9. The van der Waals surface area contributed by atoms with Crippen LogP contribution >= 0.6 is 11.6 Å². The van der Waals surface area contributed by atoms with Crippen molar-refractivity contribution >= 4 is 52.3 Å². The van der Waals surface area contributed by atoms with Crippen LogP contribution in [-0.2, 0) is 16.6 Å². The van der Waals surface area contributed by atoms with E-state index >= 15 is 0 Å². The number of nitrogens with one attached hydrogen (secondary N) is 1. The van der Waals surface area contributed by atoms with Crippen LogP contribution in [0.1, 0.15) is 51.8 Å². The molecule has 13 nitrogen and oxygen atoms in total. The fourth-order valence-electron chi connectivity index (χ4n) is 5.01. The van der Waals surface area contributed by atoms with Crippen LogP contribution < -0.4 is 20.1 Å². The molecule has 0 spiro atoms. The smallest absolute Gasteiger partial charge is 0.416 e. The first-order valence-corrected chi connectivity index (χ1v) is 14.7. The summed E-state index contributed by atoms with van der Waals surface area (Å²) in [6.07, 6.45) is 2.23. The summed E-state index contributed by atoms with van der Waals surface area (Å²) < 4.78 is 12.2. The summed E-state index contributed by atoms with van der Waals surface area (Å²) in [6.45, 7) is 9.01. The summed E-state index contributed by atoms with van der Waals surface area (Å²) >= 11 is 6.25. The van der Waals surface area contributed by atoms with Gasteiger partial charge in [-0.2, -0.15) is 10.2 Å². The number of amides is 2. The summed E-state index contributed by atoms with van der Waals surface area (Å²) in [7, 11) is 4.40. The molecule has 0 radical (unpaired) electrons. The number of aryl methyl sites for hydroxylation is 1. The fraction of sp³-hybridized carbons (Fsp3) is 0.375. The second-order valence-corrected chi connectivity index (χ2v) is 12.4. The van der Waals surface area contributed by atoms with Gasteiger partial charge < -0.3 is 14.0 Å². The van der Waals surface area contributed by atoms with Crippen molar-refractivity contribution in [2.75, 3.05) is 24.0 Å². The average Bonchev–Trinajstić information content (AvgIpc) is 3.26. The highest BCUT2D eigenvalue weighted by Crippen LogP contribution is 2.43. The summed E-state index contributed by atoms with van der Waals surface area (Å²) in [4.78, 5) is 55.0. The number of aromatic nitrogens is 3. The van der Waals surface area contributed by atoms with Crippen molar-refractivity contribution in [2.45, 2.75) is 46.3 Å². The number of rotatable bonds is 7. The molecule has 3 heterocycles. The minimum Gasteiger partial charge on any atom is -0.479 e. The number of carbonyl (C=O) groups excluding carboxylic acids is 2. The minimum absolute atomic E-state index is 0.0214. The summed E-state index contributed by atoms with van der Waals surface area (Å²) in [5.41, 5.74) is 0.661. The third-order valence-corrected chi connectivity index (χ3v) is 7.45. The maximum Gasteiger partial charge on any atom is 0.416 e. The van der Waals surface area contributed by atoms with Crippen LogP contribution in [-0.4, -0.2) is 57.7 Å². The fourth-order valence-corrected chi connectivity index (χ4v) is 5.26. The number of aliphatic imine (C=N–C) groups is 1. The lowest BCUT2D eigenvalue weighted by Gasteiger charge is -2.30. The van der Waals surface area contributed by atoms with Crippen LogP contribution in [0.25, 0.3) is 0 Å². The van der Waals surface area contributed by atoms with Crippen molar-refractivity contribution in [1.82, 2.24) is 14.5 Å². The zero-order valence-corrected chi connectivity index (χ0v) is 27.6. The van der Waals surface area contributed by atoms with E-state index < -0.39 is 35.1 Å². The predicted octanol–water partition coefficient (Wildman–Crippen LogP) is 5.23. The molecule has 1 fully saturated rings. The molecular weight excluding hydrogens is 612 g/mol. The minimum atomic E-state index is -0.870. The molecule has 0 bridgehead atoms. The van der Waals surface area contributed by atoms with Gasteiger partial charge in [-0.05, 0) is 50.5 Å². The monoisotopic (exact) mass is 646 g/mol. The largest absolute Gasteiger partial charge is 0.479 e. The number of methoxy groups -OCH3 is 1. The lowest BCUT2D eigenvalue weighted by molar-refractivity contribution is -0.112. The van der Waals surface area contributed by atoms with Crippen LogP contribution in [0, 0.1) is 28.6 Å². The number of hydrogen-bond donors (Lipinski definition) is 1. The van der Waals surface area contributed by atoms with Gasteiger partial charge in [0.25, 0.3) is 11.5 Å². The number of pyridine rings is 1. The molecular formula is C32H35ClN8O5. The Hall–Kier alpha value is -5.09. The zero-order chi connectivity index (χ0) is 34.1. The number of ether oxygens (including phenoxy) is 2. The molecule has 2 unspecified atom stereocenters. The molecule has 0 aliphatic carbocycles. The van der Waals surface area contributed by atoms with E-state index in [1.165, 1.54) is 49.1 Å². The van der Waals surface area contributed by atoms with E-state index in [9.17, 15) is 19.6 Å². The molecule has 46 heavy (non-hydrogen) atoms. The quantitative estimate of drug-likeness (QED) is 0.340. The van der Waals surface area contributed by atoms with E-state index in [0.717, 1.165) is 4.90 Å². The highest BCUT2D eigenvalue weighted by Gasteiger charge is 2.49. The maximum absolute atomic E-state index is 13.9. The van der Waals surface area contributed by atoms with Crippen LogP contribution in [0.2, 0.25) is 5.02 Å². The van der Waals surface area contributed by atoms with Crippen LogP contribution in [0.15, 0.2) is 52.5 Å². The molecule has 0 saturated carbocycles. The molecule has 1 aliphatic heterocycles. The van der Waals surface area contributed by atoms with E-state index in [1.54, 1.807) is 45.0 Å². The number of anilines is 2. The van der Waals surface area contributed by atoms with Crippen LogP contribution in [0.4, 0.5) is 22.1 Å². The van der Waals surface area contributed by atoms with Crippen molar-refractivity contribution in [3.05, 3.63) is 69.2 Å². The Kier molecular flexibility index (Phi) is 9.63. The van der Waals surface area contributed by atoms with Crippen molar-refractivity contribution in [3.8, 4) is 11.9 Å². The third kappa shape index (κ3) is 6.77. The highest BCUT2D eigenvalue weighted by atomic mass is 35.5. The van der Waals surface area contributed by atoms with Crippen LogP contribution in [0.3, 0.4) is 0 Å². The zero-order valence-electron chi connectivity index (χ0n) is 26.8. The highest BCUT2D eigenvalue weighted by molar-refractivity contribution is 6.49. The SMILES string of the molecule is COc1nc(N(C)C(=O)OC(C)(C)C)ncc1N=C(C(C)C)C1C(=N)C(=O)N(c2cc(Cl)c(=O)n(C)c2)C1c1ccc(C#N)cc1. The first-order chi connectivity index (χ1) is 21.6. The molecule has 3 aromatic rings. The van der Waals surface area contributed by atoms with Gasteiger partial charge >= 0.3 is 6.09 Å². The Balaban J connectivity index is 1.87. The van der Waals surface area contributed by atoms with Gasteiger partial charge in [0.2, 0.25) is 11.8 Å². The van der Waals surface area contributed by atoms with Gasteiger partial charge in [0, 0.05) is 26.0 Å². The van der Waals surface area contributed by atoms with Gasteiger partial charge in [-0.15, -0.1) is 0 Å². The standard InChI is InChI=1S/C32H35ClN8O5/c1-17(2)25(37-22-15-36-30(38-27(22)45-8)40(7)31(44)46-32(3,4)5)23-24(35)29(43)41(20-13-21(33)28(42)39(6)16-20)26(23)19-11-9-18(14-34)10-12-19/h9-13,15-17,23,26,35H,1-8H3. The molecule has 1 N–H and O–H groups in total. The second-order valence-electron chi connectivity index (χ2n) is 12.0. The Bertz CT molecular complexity index is 1800. The van der Waals surface area contributed by atoms with E-state index in [1.807, 2.05) is 13.8 Å². The Labute approximate surface area is 271 Å². The molecule has 1 aliphatic rings. The lowest BCUT2D eigenvalue weighted by Crippen LogP contribution is -2.35. The number of carbonyl (C=O) groups is 2. The topological polar surface area (TPSA) is 167 Å². The molecule has 4 rings (SSSR count). The van der Waals surface area contributed by atoms with Crippen molar-refractivity contribution in [3.63, 3.8) is 0 Å². The normalized spacial score (nSPS) is 16.9. The summed E-state index contributed by atoms with van der Waals surface area (Å²) in [6, 6.07) is 9.42. The van der Waals surface area contributed by atoms with Crippen LogP contribution in [0.5, 0.6) is 5.88 Å². The Morgan fingerprint density at radius 2 is 1.87 bits per heavy atom. The molecule has 1 saturated heterocycles. The van der Waals surface area contributed by atoms with E-state index in [2.05, 4.69) is 16.0 Å². The van der Waals surface area contributed by atoms with E-state index in [4.69, 9.17) is 31.5 Å². The third-order valence-electron chi connectivity index (χ3n) is 7.18.